The van der Waals surface area contributed by atoms with Crippen molar-refractivity contribution in [2.75, 3.05) is 26.0 Å². The van der Waals surface area contributed by atoms with E-state index in [0.29, 0.717) is 22.9 Å². The molecule has 2 aromatic carbocycles. The number of hydrogen-bond acceptors (Lipinski definition) is 5. The second-order valence-electron chi connectivity index (χ2n) is 6.95. The average molecular weight is 398 g/mol. The van der Waals surface area contributed by atoms with Crippen LogP contribution < -0.4 is 10.1 Å². The number of carbonyl (C=O) groups is 2. The Morgan fingerprint density at radius 2 is 1.96 bits per heavy atom. The highest BCUT2D eigenvalue weighted by molar-refractivity contribution is 7.18. The lowest BCUT2D eigenvalue weighted by Crippen LogP contribution is -2.27. The van der Waals surface area contributed by atoms with E-state index in [9.17, 15) is 9.59 Å². The molecule has 0 saturated heterocycles. The highest BCUT2D eigenvalue weighted by Gasteiger charge is 2.11. The predicted octanol–water partition coefficient (Wildman–Crippen LogP) is 4.14. The van der Waals surface area contributed by atoms with E-state index in [1.165, 1.54) is 4.90 Å². The summed E-state index contributed by atoms with van der Waals surface area (Å²) >= 11 is 1.64. The molecule has 6 nitrogen and oxygen atoms in total. The molecule has 0 fully saturated rings. The van der Waals surface area contributed by atoms with Gasteiger partial charge in [-0.05, 0) is 36.4 Å². The van der Waals surface area contributed by atoms with Crippen molar-refractivity contribution in [2.45, 2.75) is 19.8 Å². The molecule has 0 radical (unpaired) electrons. The van der Waals surface area contributed by atoms with Gasteiger partial charge in [0.05, 0.1) is 15.2 Å². The van der Waals surface area contributed by atoms with Crippen molar-refractivity contribution >= 4 is 39.1 Å². The molecule has 2 amide bonds. The zero-order valence-corrected chi connectivity index (χ0v) is 17.2. The Kier molecular flexibility index (Phi) is 5.94. The Morgan fingerprint density at radius 1 is 1.18 bits per heavy atom. The lowest BCUT2D eigenvalue weighted by molar-refractivity contribution is -0.130. The Labute approximate surface area is 168 Å². The van der Waals surface area contributed by atoms with Crippen molar-refractivity contribution in [3.63, 3.8) is 0 Å². The maximum atomic E-state index is 12.6. The van der Waals surface area contributed by atoms with Gasteiger partial charge in [-0.1, -0.05) is 19.9 Å². The number of hydrogen-bond donors (Lipinski definition) is 1. The lowest BCUT2D eigenvalue weighted by Gasteiger charge is -2.12. The summed E-state index contributed by atoms with van der Waals surface area (Å²) in [5, 5.41) is 3.99. The van der Waals surface area contributed by atoms with Crippen molar-refractivity contribution in [3.05, 3.63) is 53.0 Å². The number of amides is 2. The second kappa shape index (κ2) is 8.39. The Balaban J connectivity index is 1.71. The number of benzene rings is 2. The minimum atomic E-state index is -0.239. The van der Waals surface area contributed by atoms with Gasteiger partial charge in [0.15, 0.2) is 6.61 Å². The highest BCUT2D eigenvalue weighted by atomic mass is 32.1. The first-order valence-corrected chi connectivity index (χ1v) is 9.80. The molecule has 0 saturated carbocycles. The molecule has 1 N–H and O–H groups in total. The molecule has 0 aliphatic heterocycles. The fraction of sp³-hybridized carbons (Fsp3) is 0.286. The minimum Gasteiger partial charge on any atom is -0.484 e. The first-order chi connectivity index (χ1) is 13.3. The number of carbonyl (C=O) groups excluding carboxylic acids is 2. The van der Waals surface area contributed by atoms with E-state index in [2.05, 4.69) is 24.1 Å². The third-order valence-electron chi connectivity index (χ3n) is 4.11. The van der Waals surface area contributed by atoms with Gasteiger partial charge in [0.1, 0.15) is 5.75 Å². The minimum absolute atomic E-state index is 0.0711. The number of rotatable bonds is 6. The largest absolute Gasteiger partial charge is 0.484 e. The third-order valence-corrected chi connectivity index (χ3v) is 5.43. The lowest BCUT2D eigenvalue weighted by atomic mass is 10.2. The van der Waals surface area contributed by atoms with E-state index in [4.69, 9.17) is 4.74 Å². The molecule has 3 rings (SSSR count). The molecule has 0 aliphatic carbocycles. The topological polar surface area (TPSA) is 71.5 Å². The summed E-state index contributed by atoms with van der Waals surface area (Å²) < 4.78 is 6.52. The molecule has 3 aromatic rings. The summed E-state index contributed by atoms with van der Waals surface area (Å²) in [6.45, 7) is 4.15. The van der Waals surface area contributed by atoms with Crippen LogP contribution in [0.2, 0.25) is 0 Å². The molecule has 1 heterocycles. The number of ether oxygens (including phenoxy) is 1. The van der Waals surface area contributed by atoms with Gasteiger partial charge in [-0.3, -0.25) is 9.59 Å². The molecule has 0 atom stereocenters. The van der Waals surface area contributed by atoms with E-state index in [0.717, 1.165) is 15.2 Å². The van der Waals surface area contributed by atoms with Gasteiger partial charge < -0.3 is 15.0 Å². The molecular formula is C21H23N3O3S. The van der Waals surface area contributed by atoms with E-state index in [-0.39, 0.29) is 18.4 Å². The van der Waals surface area contributed by atoms with Crippen molar-refractivity contribution in [1.82, 2.24) is 9.88 Å². The van der Waals surface area contributed by atoms with Crippen LogP contribution >= 0.6 is 11.3 Å². The van der Waals surface area contributed by atoms with Crippen LogP contribution in [-0.4, -0.2) is 42.4 Å². The number of anilines is 1. The van der Waals surface area contributed by atoms with Crippen LogP contribution in [0.4, 0.5) is 5.69 Å². The first-order valence-electron chi connectivity index (χ1n) is 8.98. The van der Waals surface area contributed by atoms with Crippen molar-refractivity contribution in [1.29, 1.82) is 0 Å². The first kappa shape index (κ1) is 19.8. The molecule has 0 bridgehead atoms. The molecular weight excluding hydrogens is 374 g/mol. The number of thiazole rings is 1. The molecule has 0 unspecified atom stereocenters. The van der Waals surface area contributed by atoms with E-state index in [1.54, 1.807) is 49.7 Å². The van der Waals surface area contributed by atoms with Crippen LogP contribution in [0.5, 0.6) is 5.75 Å². The van der Waals surface area contributed by atoms with Crippen LogP contribution in [0.15, 0.2) is 42.5 Å². The maximum Gasteiger partial charge on any atom is 0.259 e. The van der Waals surface area contributed by atoms with Crippen LogP contribution in [0, 0.1) is 0 Å². The van der Waals surface area contributed by atoms with E-state index in [1.807, 2.05) is 18.2 Å². The van der Waals surface area contributed by atoms with Gasteiger partial charge >= 0.3 is 0 Å². The van der Waals surface area contributed by atoms with Crippen LogP contribution in [0.3, 0.4) is 0 Å². The molecule has 1 aromatic heterocycles. The summed E-state index contributed by atoms with van der Waals surface area (Å²) in [5.74, 6) is 0.464. The fourth-order valence-corrected chi connectivity index (χ4v) is 3.48. The van der Waals surface area contributed by atoms with Crippen molar-refractivity contribution < 1.29 is 14.3 Å². The number of fused-ring (bicyclic) bond motifs is 1. The number of nitrogens with one attached hydrogen (secondary N) is 1. The number of aromatic nitrogens is 1. The van der Waals surface area contributed by atoms with Gasteiger partial charge in [0.2, 0.25) is 0 Å². The summed E-state index contributed by atoms with van der Waals surface area (Å²) in [7, 11) is 3.33. The highest BCUT2D eigenvalue weighted by Crippen LogP contribution is 2.29. The van der Waals surface area contributed by atoms with Crippen molar-refractivity contribution in [2.24, 2.45) is 0 Å². The van der Waals surface area contributed by atoms with E-state index >= 15 is 0 Å². The molecule has 0 aliphatic rings. The summed E-state index contributed by atoms with van der Waals surface area (Å²) in [6, 6.07) is 12.5. The molecule has 28 heavy (non-hydrogen) atoms. The number of likely N-dealkylation sites (N-methyl/N-ethyl adjacent to an activating group) is 1. The average Bonchev–Trinajstić information content (AvgIpc) is 3.10. The fourth-order valence-electron chi connectivity index (χ4n) is 2.47. The quantitative estimate of drug-likeness (QED) is 0.679. The van der Waals surface area contributed by atoms with Crippen LogP contribution in [-0.2, 0) is 4.79 Å². The van der Waals surface area contributed by atoms with Crippen LogP contribution in [0.25, 0.3) is 10.2 Å². The van der Waals surface area contributed by atoms with Gasteiger partial charge in [0.25, 0.3) is 11.8 Å². The summed E-state index contributed by atoms with van der Waals surface area (Å²) in [5.41, 5.74) is 2.11. The van der Waals surface area contributed by atoms with E-state index < -0.39 is 0 Å². The van der Waals surface area contributed by atoms with Gasteiger partial charge in [-0.2, -0.15) is 0 Å². The normalized spacial score (nSPS) is 10.9. The maximum absolute atomic E-state index is 12.6. The molecule has 0 spiro atoms. The summed E-state index contributed by atoms with van der Waals surface area (Å²) in [4.78, 5) is 30.3. The Morgan fingerprint density at radius 3 is 2.68 bits per heavy atom. The van der Waals surface area contributed by atoms with Crippen LogP contribution in [0.1, 0.15) is 35.1 Å². The van der Waals surface area contributed by atoms with Crippen molar-refractivity contribution in [3.8, 4) is 5.75 Å². The second-order valence-corrected chi connectivity index (χ2v) is 8.01. The SMILES string of the molecule is CC(C)c1nc2ccc(NC(=O)c3cccc(OCC(=O)N(C)C)c3)cc2s1. The van der Waals surface area contributed by atoms with Gasteiger partial charge in [-0.15, -0.1) is 11.3 Å². The third kappa shape index (κ3) is 4.67. The monoisotopic (exact) mass is 397 g/mol. The molecule has 7 heteroatoms. The molecule has 146 valence electrons. The Hall–Kier alpha value is -2.93. The predicted molar refractivity (Wildman–Crippen MR) is 112 cm³/mol. The summed E-state index contributed by atoms with van der Waals surface area (Å²) in [6.07, 6.45) is 0. The van der Waals surface area contributed by atoms with Gasteiger partial charge in [-0.25, -0.2) is 4.98 Å². The zero-order valence-electron chi connectivity index (χ0n) is 16.4. The standard InChI is InChI=1S/C21H23N3O3S/c1-13(2)21-23-17-9-8-15(11-18(17)28-21)22-20(26)14-6-5-7-16(10-14)27-12-19(25)24(3)4/h5-11,13H,12H2,1-4H3,(H,22,26). The number of nitrogens with zero attached hydrogens (tertiary/aromatic N) is 2. The van der Waals surface area contributed by atoms with Gasteiger partial charge in [0, 0.05) is 31.3 Å². The Bertz CT molecular complexity index is 1010. The zero-order chi connectivity index (χ0) is 20.3. The smallest absolute Gasteiger partial charge is 0.259 e.